The van der Waals surface area contributed by atoms with Crippen LogP contribution in [0, 0.1) is 23.7 Å². The van der Waals surface area contributed by atoms with Crippen LogP contribution in [0.15, 0.2) is 12.2 Å². The molecule has 8 unspecified atom stereocenters. The van der Waals surface area contributed by atoms with Gasteiger partial charge in [0.1, 0.15) is 0 Å². The summed E-state index contributed by atoms with van der Waals surface area (Å²) in [6.45, 7) is 4.53. The van der Waals surface area contributed by atoms with E-state index in [2.05, 4.69) is 6.92 Å². The Balaban J connectivity index is 1.76. The number of hydrogen-bond acceptors (Lipinski definition) is 4. The largest absolute Gasteiger partial charge is 0.394 e. The van der Waals surface area contributed by atoms with Gasteiger partial charge in [-0.15, -0.1) is 0 Å². The Morgan fingerprint density at radius 1 is 1.24 bits per heavy atom. The van der Waals surface area contributed by atoms with Crippen LogP contribution in [0.3, 0.4) is 0 Å². The molecule has 0 aromatic carbocycles. The Bertz CT molecular complexity index is 533. The Kier molecular flexibility index (Phi) is 8.04. The molecule has 1 aliphatic carbocycles. The summed E-state index contributed by atoms with van der Waals surface area (Å²) in [7, 11) is 0. The first-order chi connectivity index (χ1) is 13.8. The first-order valence-electron chi connectivity index (χ1n) is 11.1. The lowest BCUT2D eigenvalue weighted by Crippen LogP contribution is -2.38. The van der Waals surface area contributed by atoms with Crippen LogP contribution in [-0.4, -0.2) is 42.7 Å². The summed E-state index contributed by atoms with van der Waals surface area (Å²) in [6.07, 6.45) is 1.90. The second-order valence-corrected chi connectivity index (χ2v) is 8.89. The normalized spacial score (nSPS) is 37.7. The van der Waals surface area contributed by atoms with Gasteiger partial charge in [-0.1, -0.05) is 38.8 Å². The molecule has 168 valence electrons. The van der Waals surface area contributed by atoms with Crippen molar-refractivity contribution in [3.63, 3.8) is 0 Å². The van der Waals surface area contributed by atoms with Crippen molar-refractivity contribution in [3.05, 3.63) is 12.2 Å². The van der Waals surface area contributed by atoms with Crippen LogP contribution in [0.2, 0.25) is 0 Å². The summed E-state index contributed by atoms with van der Waals surface area (Å²) in [5, 5.41) is 9.79. The van der Waals surface area contributed by atoms with Gasteiger partial charge in [-0.3, -0.25) is 0 Å². The monoisotopic (exact) mass is 420 g/mol. The molecule has 8 atom stereocenters. The third kappa shape index (κ3) is 5.96. The van der Waals surface area contributed by atoms with Crippen LogP contribution in [0.25, 0.3) is 0 Å². The van der Waals surface area contributed by atoms with Crippen molar-refractivity contribution in [2.45, 2.75) is 96.2 Å². The van der Waals surface area contributed by atoms with Gasteiger partial charge < -0.3 is 19.3 Å². The highest BCUT2D eigenvalue weighted by Crippen LogP contribution is 2.47. The van der Waals surface area contributed by atoms with E-state index >= 15 is 0 Å². The average Bonchev–Trinajstić information content (AvgIpc) is 3.14. The van der Waals surface area contributed by atoms with Gasteiger partial charge in [0, 0.05) is 13.0 Å². The zero-order valence-electron chi connectivity index (χ0n) is 17.4. The number of ether oxygens (including phenoxy) is 3. The van der Waals surface area contributed by atoms with Crippen molar-refractivity contribution in [2.75, 3.05) is 6.61 Å². The van der Waals surface area contributed by atoms with Gasteiger partial charge in [0.15, 0.2) is 12.6 Å². The Hall–Kier alpha value is -0.630. The summed E-state index contributed by atoms with van der Waals surface area (Å²) in [4.78, 5) is 0. The lowest BCUT2D eigenvalue weighted by atomic mass is 9.86. The molecule has 4 nitrogen and oxygen atoms in total. The van der Waals surface area contributed by atoms with Crippen LogP contribution >= 0.6 is 0 Å². The third-order valence-corrected chi connectivity index (χ3v) is 6.69. The highest BCUT2D eigenvalue weighted by atomic mass is 19.4. The number of fused-ring (bicyclic) bond motifs is 1. The molecule has 0 amide bonds. The van der Waals surface area contributed by atoms with Crippen molar-refractivity contribution >= 4 is 0 Å². The van der Waals surface area contributed by atoms with Crippen LogP contribution in [-0.2, 0) is 14.2 Å². The minimum Gasteiger partial charge on any atom is -0.368 e. The second kappa shape index (κ2) is 10.1. The number of hydrogen-bond donors (Lipinski definition) is 1. The van der Waals surface area contributed by atoms with Gasteiger partial charge in [-0.2, -0.15) is 13.2 Å². The van der Waals surface area contributed by atoms with Crippen molar-refractivity contribution in [1.82, 2.24) is 0 Å². The molecule has 2 heterocycles. The maximum Gasteiger partial charge on any atom is 0.394 e. The van der Waals surface area contributed by atoms with Crippen molar-refractivity contribution in [2.24, 2.45) is 23.7 Å². The number of halogens is 3. The van der Waals surface area contributed by atoms with Gasteiger partial charge in [-0.05, 0) is 49.9 Å². The molecule has 0 bridgehead atoms. The van der Waals surface area contributed by atoms with Gasteiger partial charge in [0.05, 0.1) is 18.1 Å². The SMILES string of the molecule is CCCCC(C(/C=C/C1C(C)CC2OC(O)CC21)OC1CCCCO1)C(F)(F)F. The van der Waals surface area contributed by atoms with Gasteiger partial charge in [0.2, 0.25) is 0 Å². The van der Waals surface area contributed by atoms with E-state index in [1.807, 2.05) is 13.0 Å². The predicted octanol–water partition coefficient (Wildman–Crippen LogP) is 5.20. The van der Waals surface area contributed by atoms with Crippen LogP contribution in [0.5, 0.6) is 0 Å². The van der Waals surface area contributed by atoms with Crippen molar-refractivity contribution in [1.29, 1.82) is 0 Å². The predicted molar refractivity (Wildman–Crippen MR) is 103 cm³/mol. The number of aliphatic hydroxyl groups excluding tert-OH is 1. The molecule has 3 fully saturated rings. The van der Waals surface area contributed by atoms with Gasteiger partial charge in [0.25, 0.3) is 0 Å². The fourth-order valence-electron chi connectivity index (χ4n) is 5.10. The summed E-state index contributed by atoms with van der Waals surface area (Å²) in [5.41, 5.74) is 0. The quantitative estimate of drug-likeness (QED) is 0.548. The number of allylic oxidation sites excluding steroid dienone is 1. The minimum absolute atomic E-state index is 0.00537. The summed E-state index contributed by atoms with van der Waals surface area (Å²) >= 11 is 0. The molecule has 2 saturated heterocycles. The molecule has 0 aromatic heterocycles. The molecule has 2 aliphatic heterocycles. The molecule has 3 rings (SSSR count). The first kappa shape index (κ1) is 23.0. The van der Waals surface area contributed by atoms with Crippen LogP contribution < -0.4 is 0 Å². The highest BCUT2D eigenvalue weighted by molar-refractivity contribution is 5.06. The Morgan fingerprint density at radius 3 is 2.69 bits per heavy atom. The van der Waals surface area contributed by atoms with E-state index in [4.69, 9.17) is 14.2 Å². The molecule has 7 heteroatoms. The number of unbranched alkanes of at least 4 members (excludes halogenated alkanes) is 1. The topological polar surface area (TPSA) is 47.9 Å². The highest BCUT2D eigenvalue weighted by Gasteiger charge is 2.48. The van der Waals surface area contributed by atoms with Crippen molar-refractivity contribution in [3.8, 4) is 0 Å². The van der Waals surface area contributed by atoms with E-state index in [0.29, 0.717) is 38.2 Å². The fourth-order valence-corrected chi connectivity index (χ4v) is 5.10. The van der Waals surface area contributed by atoms with Crippen LogP contribution in [0.4, 0.5) is 13.2 Å². The zero-order chi connectivity index (χ0) is 21.0. The lowest BCUT2D eigenvalue weighted by Gasteiger charge is -2.32. The molecule has 0 radical (unpaired) electrons. The Morgan fingerprint density at radius 2 is 2.03 bits per heavy atom. The van der Waals surface area contributed by atoms with E-state index < -0.39 is 30.8 Å². The van der Waals surface area contributed by atoms with E-state index in [1.165, 1.54) is 0 Å². The maximum atomic E-state index is 13.9. The smallest absolute Gasteiger partial charge is 0.368 e. The van der Waals surface area contributed by atoms with E-state index in [0.717, 1.165) is 19.3 Å². The molecular weight excluding hydrogens is 385 g/mol. The number of aliphatic hydroxyl groups is 1. The van der Waals surface area contributed by atoms with Gasteiger partial charge in [-0.25, -0.2) is 0 Å². The molecule has 3 aliphatic rings. The molecule has 0 spiro atoms. The molecular formula is C22H35F3O4. The van der Waals surface area contributed by atoms with E-state index in [-0.39, 0.29) is 24.4 Å². The molecule has 29 heavy (non-hydrogen) atoms. The maximum absolute atomic E-state index is 13.9. The fraction of sp³-hybridized carbons (Fsp3) is 0.909. The first-order valence-corrected chi connectivity index (χ1v) is 11.1. The zero-order valence-corrected chi connectivity index (χ0v) is 17.4. The summed E-state index contributed by atoms with van der Waals surface area (Å²) < 4.78 is 58.7. The Labute approximate surface area is 171 Å². The van der Waals surface area contributed by atoms with Gasteiger partial charge >= 0.3 is 6.18 Å². The number of alkyl halides is 3. The van der Waals surface area contributed by atoms with Crippen LogP contribution in [0.1, 0.15) is 65.2 Å². The third-order valence-electron chi connectivity index (χ3n) is 6.69. The standard InChI is InChI=1S/C22H35F3O4/c1-3-4-7-17(22(23,24)25)18(29-21-8-5-6-11-27-21)10-9-15-14(2)12-19-16(15)13-20(26)28-19/h9-10,14-21,26H,3-8,11-13H2,1-2H3/b10-9+. The molecule has 1 saturated carbocycles. The minimum atomic E-state index is -4.32. The lowest BCUT2D eigenvalue weighted by molar-refractivity contribution is -0.241. The number of rotatable bonds is 8. The van der Waals surface area contributed by atoms with E-state index in [1.54, 1.807) is 6.08 Å². The molecule has 1 N–H and O–H groups in total. The van der Waals surface area contributed by atoms with E-state index in [9.17, 15) is 18.3 Å². The average molecular weight is 421 g/mol. The summed E-state index contributed by atoms with van der Waals surface area (Å²) in [5.74, 6) is -0.985. The second-order valence-electron chi connectivity index (χ2n) is 8.89. The summed E-state index contributed by atoms with van der Waals surface area (Å²) in [6, 6.07) is 0. The molecule has 0 aromatic rings. The van der Waals surface area contributed by atoms with Crippen molar-refractivity contribution < 1.29 is 32.5 Å².